The Hall–Kier alpha value is -2.39. The summed E-state index contributed by atoms with van der Waals surface area (Å²) in [5, 5.41) is 0. The third-order valence-corrected chi connectivity index (χ3v) is 2.81. The van der Waals surface area contributed by atoms with E-state index < -0.39 is 0 Å². The molecule has 0 amide bonds. The minimum Gasteiger partial charge on any atom is -0.459 e. The van der Waals surface area contributed by atoms with Gasteiger partial charge in [-0.3, -0.25) is 0 Å². The second kappa shape index (κ2) is 8.02. The van der Waals surface area contributed by atoms with Gasteiger partial charge >= 0.3 is 5.97 Å². The maximum Gasteiger partial charge on any atom is 0.338 e. The van der Waals surface area contributed by atoms with Crippen molar-refractivity contribution in [2.75, 3.05) is 13.2 Å². The Kier molecular flexibility index (Phi) is 5.73. The molecule has 1 atom stereocenters. The highest BCUT2D eigenvalue weighted by Crippen LogP contribution is 2.11. The molecule has 0 spiro atoms. The summed E-state index contributed by atoms with van der Waals surface area (Å²) < 4.78 is 10.2. The van der Waals surface area contributed by atoms with Gasteiger partial charge in [0.05, 0.1) is 12.2 Å². The van der Waals surface area contributed by atoms with E-state index in [9.17, 15) is 4.79 Å². The predicted octanol–water partition coefficient (Wildman–Crippen LogP) is 3.31. The first kappa shape index (κ1) is 15.0. The molecule has 0 saturated carbocycles. The monoisotopic (exact) mass is 282 g/mol. The lowest BCUT2D eigenvalue weighted by molar-refractivity contribution is -0.139. The molecule has 1 unspecified atom stereocenters. The highest BCUT2D eigenvalue weighted by molar-refractivity contribution is 5.92. The van der Waals surface area contributed by atoms with Crippen LogP contribution in [0.5, 0.6) is 0 Å². The van der Waals surface area contributed by atoms with Crippen molar-refractivity contribution in [2.45, 2.75) is 6.10 Å². The quantitative estimate of drug-likeness (QED) is 0.333. The van der Waals surface area contributed by atoms with Crippen molar-refractivity contribution in [2.24, 2.45) is 0 Å². The average molecular weight is 282 g/mol. The molecule has 0 bridgehead atoms. The fourth-order valence-corrected chi connectivity index (χ4v) is 1.61. The Morgan fingerprint density at radius 1 is 1.33 bits per heavy atom. The van der Waals surface area contributed by atoms with Gasteiger partial charge in [-0.05, 0) is 17.7 Å². The second-order valence-electron chi connectivity index (χ2n) is 4.54. The van der Waals surface area contributed by atoms with Crippen LogP contribution >= 0.6 is 0 Å². The van der Waals surface area contributed by atoms with Gasteiger partial charge in [0.2, 0.25) is 0 Å². The van der Waals surface area contributed by atoms with E-state index in [4.69, 9.17) is 9.47 Å². The lowest BCUT2D eigenvalue weighted by Gasteiger charge is -2.02. The number of carbonyl (C=O) groups excluding carboxylic acids is 1. The van der Waals surface area contributed by atoms with Gasteiger partial charge in [-0.25, -0.2) is 4.79 Å². The van der Waals surface area contributed by atoms with Crippen molar-refractivity contribution in [1.29, 1.82) is 0 Å². The van der Waals surface area contributed by atoms with E-state index >= 15 is 0 Å². The Morgan fingerprint density at radius 3 is 2.76 bits per heavy atom. The second-order valence-corrected chi connectivity index (χ2v) is 4.54. The lowest BCUT2D eigenvalue weighted by atomic mass is 10.2. The van der Waals surface area contributed by atoms with Gasteiger partial charge in [-0.1, -0.05) is 61.2 Å². The van der Waals surface area contributed by atoms with Gasteiger partial charge < -0.3 is 9.47 Å². The van der Waals surface area contributed by atoms with Crippen LogP contribution < -0.4 is 0 Å². The molecular formula is C18H18O3. The largest absolute Gasteiger partial charge is 0.459 e. The third-order valence-electron chi connectivity index (χ3n) is 2.81. The number of rotatable bonds is 7. The number of hydrogen-bond acceptors (Lipinski definition) is 3. The molecule has 3 heteroatoms. The van der Waals surface area contributed by atoms with E-state index in [0.29, 0.717) is 18.8 Å². The highest BCUT2D eigenvalue weighted by Gasteiger charge is 2.24. The van der Waals surface area contributed by atoms with Gasteiger partial charge in [-0.2, -0.15) is 0 Å². The van der Waals surface area contributed by atoms with Crippen LogP contribution in [-0.4, -0.2) is 25.3 Å². The number of allylic oxidation sites excluding steroid dienone is 4. The molecule has 21 heavy (non-hydrogen) atoms. The minimum absolute atomic E-state index is 0.0680. The van der Waals surface area contributed by atoms with Gasteiger partial charge in [0.15, 0.2) is 0 Å². The Bertz CT molecular complexity index is 563. The smallest absolute Gasteiger partial charge is 0.338 e. The number of hydrogen-bond donors (Lipinski definition) is 0. The zero-order valence-electron chi connectivity index (χ0n) is 11.8. The summed E-state index contributed by atoms with van der Waals surface area (Å²) in [6, 6.07) is 9.87. The zero-order valence-corrected chi connectivity index (χ0v) is 11.8. The standard InChI is InChI=1S/C18H18O3/c1-2-3-11-16(18(19)21-14-17-13-20-17)12-7-10-15-8-5-4-6-9-15/h2-12,17H,1,13-14H2. The molecule has 0 aliphatic carbocycles. The lowest BCUT2D eigenvalue weighted by Crippen LogP contribution is -2.11. The summed E-state index contributed by atoms with van der Waals surface area (Å²) in [6.07, 6.45) is 10.6. The third kappa shape index (κ3) is 5.63. The van der Waals surface area contributed by atoms with Gasteiger partial charge in [-0.15, -0.1) is 0 Å². The van der Waals surface area contributed by atoms with Crippen LogP contribution in [0.15, 0.2) is 72.9 Å². The fourth-order valence-electron chi connectivity index (χ4n) is 1.61. The number of benzene rings is 1. The van der Waals surface area contributed by atoms with E-state index in [2.05, 4.69) is 6.58 Å². The first-order valence-electron chi connectivity index (χ1n) is 6.81. The number of esters is 1. The van der Waals surface area contributed by atoms with Crippen molar-refractivity contribution >= 4 is 12.0 Å². The number of epoxide rings is 1. The van der Waals surface area contributed by atoms with Gasteiger partial charge in [0.1, 0.15) is 12.7 Å². The average Bonchev–Trinajstić information content (AvgIpc) is 3.33. The van der Waals surface area contributed by atoms with Crippen LogP contribution in [0.3, 0.4) is 0 Å². The predicted molar refractivity (Wildman–Crippen MR) is 83.6 cm³/mol. The zero-order chi connectivity index (χ0) is 14.9. The maximum absolute atomic E-state index is 12.0. The summed E-state index contributed by atoms with van der Waals surface area (Å²) in [6.45, 7) is 4.58. The van der Waals surface area contributed by atoms with Crippen molar-refractivity contribution in [3.8, 4) is 0 Å². The van der Waals surface area contributed by atoms with Crippen LogP contribution in [0.1, 0.15) is 5.56 Å². The molecule has 1 saturated heterocycles. The summed E-state index contributed by atoms with van der Waals surface area (Å²) in [7, 11) is 0. The Morgan fingerprint density at radius 2 is 2.10 bits per heavy atom. The van der Waals surface area contributed by atoms with Crippen LogP contribution in [0.4, 0.5) is 0 Å². The Balaban J connectivity index is 2.01. The van der Waals surface area contributed by atoms with E-state index in [1.807, 2.05) is 42.5 Å². The summed E-state index contributed by atoms with van der Waals surface area (Å²) in [5.41, 5.74) is 1.54. The summed E-state index contributed by atoms with van der Waals surface area (Å²) >= 11 is 0. The van der Waals surface area contributed by atoms with Gasteiger partial charge in [0, 0.05) is 0 Å². The molecule has 1 heterocycles. The molecule has 1 aliphatic rings. The van der Waals surface area contributed by atoms with E-state index in [-0.39, 0.29) is 12.1 Å². The fraction of sp³-hybridized carbons (Fsp3) is 0.167. The molecular weight excluding hydrogens is 264 g/mol. The summed E-state index contributed by atoms with van der Waals surface area (Å²) in [5.74, 6) is -0.360. The summed E-state index contributed by atoms with van der Waals surface area (Å²) in [4.78, 5) is 12.0. The topological polar surface area (TPSA) is 38.8 Å². The van der Waals surface area contributed by atoms with Crippen molar-refractivity contribution < 1.29 is 14.3 Å². The molecule has 108 valence electrons. The van der Waals surface area contributed by atoms with Gasteiger partial charge in [0.25, 0.3) is 0 Å². The van der Waals surface area contributed by atoms with Crippen LogP contribution in [-0.2, 0) is 14.3 Å². The molecule has 1 fully saturated rings. The molecule has 0 radical (unpaired) electrons. The van der Waals surface area contributed by atoms with Crippen molar-refractivity contribution in [3.05, 3.63) is 78.4 Å². The molecule has 1 aromatic rings. The first-order valence-corrected chi connectivity index (χ1v) is 6.81. The van der Waals surface area contributed by atoms with Crippen LogP contribution in [0, 0.1) is 0 Å². The van der Waals surface area contributed by atoms with Crippen molar-refractivity contribution in [1.82, 2.24) is 0 Å². The number of carbonyl (C=O) groups is 1. The SMILES string of the molecule is C=CC=CC(=CC=Cc1ccccc1)C(=O)OCC1CO1. The minimum atomic E-state index is -0.360. The van der Waals surface area contributed by atoms with Crippen LogP contribution in [0.25, 0.3) is 6.08 Å². The first-order chi connectivity index (χ1) is 10.3. The maximum atomic E-state index is 12.0. The normalized spacial score (nSPS) is 18.1. The molecule has 1 aliphatic heterocycles. The molecule has 1 aromatic carbocycles. The van der Waals surface area contributed by atoms with E-state index in [1.165, 1.54) is 0 Å². The van der Waals surface area contributed by atoms with Crippen LogP contribution in [0.2, 0.25) is 0 Å². The number of ether oxygens (including phenoxy) is 2. The Labute approximate surface area is 124 Å². The molecule has 0 N–H and O–H groups in total. The highest BCUT2D eigenvalue weighted by atomic mass is 16.6. The molecule has 2 rings (SSSR count). The molecule has 3 nitrogen and oxygen atoms in total. The van der Waals surface area contributed by atoms with E-state index in [1.54, 1.807) is 24.3 Å². The molecule has 0 aromatic heterocycles. The van der Waals surface area contributed by atoms with E-state index in [0.717, 1.165) is 5.56 Å². The van der Waals surface area contributed by atoms with Crippen molar-refractivity contribution in [3.63, 3.8) is 0 Å².